The topological polar surface area (TPSA) is 214 Å². The molecule has 0 aliphatic heterocycles. The molecule has 8 rings (SSSR count). The molecule has 0 unspecified atom stereocenters. The number of fused-ring (bicyclic) bond motifs is 2. The number of hydrogen-bond acceptors (Lipinski definition) is 12. The lowest BCUT2D eigenvalue weighted by molar-refractivity contribution is -0.384. The maximum atomic E-state index is 14.5. The van der Waals surface area contributed by atoms with E-state index in [4.69, 9.17) is 9.97 Å². The van der Waals surface area contributed by atoms with E-state index in [-0.39, 0.29) is 73.8 Å². The van der Waals surface area contributed by atoms with Gasteiger partial charge in [-0.2, -0.15) is 0 Å². The fourth-order valence-corrected chi connectivity index (χ4v) is 10.2. The fraction of sp³-hybridized carbons (Fsp3) is 0.433. The first-order valence-corrected chi connectivity index (χ1v) is 28.1. The number of unbranched alkanes of at least 4 members (excludes halogenated alkanes) is 2. The van der Waals surface area contributed by atoms with E-state index in [0.29, 0.717) is 105 Å². The Bertz CT molecular complexity index is 3610. The highest BCUT2D eigenvalue weighted by Gasteiger charge is 2.25. The second-order valence-corrected chi connectivity index (χ2v) is 20.0. The molecular weight excluding hydrogens is 1040 g/mol. The van der Waals surface area contributed by atoms with Crippen LogP contribution < -0.4 is 22.5 Å². The number of halogens is 2. The minimum atomic E-state index is -0.676. The number of imidazole rings is 2. The van der Waals surface area contributed by atoms with Crippen LogP contribution in [0, 0.1) is 21.7 Å². The number of non-ortho nitro benzene ring substituents is 1. The Labute approximate surface area is 468 Å². The van der Waals surface area contributed by atoms with Crippen molar-refractivity contribution in [2.75, 3.05) is 52.5 Å². The number of aliphatic hydroxyl groups excluding tert-OH is 2. The molecule has 0 aliphatic carbocycles. The number of aromatic nitrogens is 8. The van der Waals surface area contributed by atoms with Gasteiger partial charge in [-0.05, 0) is 67.1 Å². The first-order valence-electron chi connectivity index (χ1n) is 28.1. The summed E-state index contributed by atoms with van der Waals surface area (Å²) >= 11 is 0. The Morgan fingerprint density at radius 3 is 1.51 bits per heavy atom. The molecule has 4 aromatic carbocycles. The largest absolute Gasteiger partial charge is 0.395 e. The van der Waals surface area contributed by atoms with Gasteiger partial charge in [-0.25, -0.2) is 28.3 Å². The van der Waals surface area contributed by atoms with Gasteiger partial charge < -0.3 is 19.3 Å². The summed E-state index contributed by atoms with van der Waals surface area (Å²) in [6, 6.07) is 29.4. The van der Waals surface area contributed by atoms with Crippen LogP contribution in [0.4, 0.5) is 14.5 Å². The molecule has 0 saturated heterocycles. The van der Waals surface area contributed by atoms with E-state index in [0.717, 1.165) is 43.1 Å². The van der Waals surface area contributed by atoms with Gasteiger partial charge in [-0.15, -0.1) is 0 Å². The first kappa shape index (κ1) is 60.9. The van der Waals surface area contributed by atoms with Gasteiger partial charge in [0.25, 0.3) is 16.8 Å². The lowest BCUT2D eigenvalue weighted by Crippen LogP contribution is -2.41. The summed E-state index contributed by atoms with van der Waals surface area (Å²) in [5.74, 6) is -0.0156. The Hall–Kier alpha value is -7.72. The summed E-state index contributed by atoms with van der Waals surface area (Å²) in [5.41, 5.74) is 2.66. The third-order valence-electron chi connectivity index (χ3n) is 14.6. The molecule has 0 atom stereocenters. The molecule has 0 amide bonds. The maximum absolute atomic E-state index is 14.5. The molecule has 0 radical (unpaired) electrons. The molecule has 4 aromatic heterocycles. The van der Waals surface area contributed by atoms with E-state index in [1.54, 1.807) is 12.1 Å². The van der Waals surface area contributed by atoms with Crippen LogP contribution >= 0.6 is 0 Å². The highest BCUT2D eigenvalue weighted by molar-refractivity contribution is 5.72. The van der Waals surface area contributed by atoms with Crippen molar-refractivity contribution in [1.82, 2.24) is 47.2 Å². The average molecular weight is 1120 g/mol. The molecule has 8 aromatic rings. The van der Waals surface area contributed by atoms with Crippen LogP contribution in [0.1, 0.15) is 87.3 Å². The van der Waals surface area contributed by atoms with E-state index in [2.05, 4.69) is 16.7 Å². The number of benzene rings is 4. The molecule has 21 heteroatoms. The zero-order valence-electron chi connectivity index (χ0n) is 46.9. The van der Waals surface area contributed by atoms with Crippen LogP contribution in [0.5, 0.6) is 0 Å². The average Bonchev–Trinajstić information content (AvgIpc) is 4.00. The van der Waals surface area contributed by atoms with Gasteiger partial charge in [-0.1, -0.05) is 119 Å². The van der Waals surface area contributed by atoms with Gasteiger partial charge in [0, 0.05) is 96.5 Å². The third-order valence-corrected chi connectivity index (χ3v) is 14.6. The number of likely N-dealkylation sites (N-methyl/N-ethyl adjacent to an activating group) is 2. The van der Waals surface area contributed by atoms with Crippen LogP contribution in [-0.4, -0.2) is 115 Å². The summed E-state index contributed by atoms with van der Waals surface area (Å²) < 4.78 is 37.3. The van der Waals surface area contributed by atoms with Crippen LogP contribution in [0.25, 0.3) is 22.3 Å². The van der Waals surface area contributed by atoms with Gasteiger partial charge >= 0.3 is 11.4 Å². The number of hydrogen-bond donors (Lipinski definition) is 2. The first-order chi connectivity index (χ1) is 39.2. The van der Waals surface area contributed by atoms with Gasteiger partial charge in [0.05, 0.1) is 18.1 Å². The van der Waals surface area contributed by atoms with E-state index in [1.165, 1.54) is 42.5 Å². The van der Waals surface area contributed by atoms with E-state index >= 15 is 0 Å². The summed E-state index contributed by atoms with van der Waals surface area (Å²) in [7, 11) is 0. The highest BCUT2D eigenvalue weighted by atomic mass is 19.1. The van der Waals surface area contributed by atoms with Gasteiger partial charge in [-0.3, -0.25) is 47.8 Å². The SMILES string of the molecule is CCCCCn1c(=O)c2c(nc(Cc3ccccc3)n2CCN(CC)CCO)n(CCc2ccc(F)cc2F)c1=O.CCCn1c(=O)c2c(nc(Cc3ccccc3)n2CCN(CC)CCO)n(CCc2cccc([N+](=O)[O-])c2)c1=O. The van der Waals surface area contributed by atoms with E-state index in [9.17, 15) is 48.3 Å². The lowest BCUT2D eigenvalue weighted by atomic mass is 10.1. The molecule has 0 spiro atoms. The molecule has 81 heavy (non-hydrogen) atoms. The Morgan fingerprint density at radius 2 is 1.04 bits per heavy atom. The molecular formula is C60H75F2N11O8. The molecule has 0 saturated carbocycles. The molecule has 0 aliphatic rings. The minimum absolute atomic E-state index is 0.0104. The van der Waals surface area contributed by atoms with Gasteiger partial charge in [0.2, 0.25) is 0 Å². The number of nitro benzene ring substituents is 1. The second kappa shape index (κ2) is 29.7. The summed E-state index contributed by atoms with van der Waals surface area (Å²) in [6.45, 7) is 13.5. The van der Waals surface area contributed by atoms with Crippen LogP contribution in [0.2, 0.25) is 0 Å². The molecule has 432 valence electrons. The Kier molecular flexibility index (Phi) is 22.3. The number of rotatable bonds is 29. The Morgan fingerprint density at radius 1 is 0.531 bits per heavy atom. The van der Waals surface area contributed by atoms with Crippen molar-refractivity contribution in [3.05, 3.63) is 200 Å². The number of nitro groups is 1. The van der Waals surface area contributed by atoms with Crippen LogP contribution in [0.3, 0.4) is 0 Å². The zero-order valence-corrected chi connectivity index (χ0v) is 46.9. The number of nitrogens with zero attached hydrogens (tertiary/aromatic N) is 11. The lowest BCUT2D eigenvalue weighted by Gasteiger charge is -2.20. The van der Waals surface area contributed by atoms with Gasteiger partial charge in [0.1, 0.15) is 23.3 Å². The monoisotopic (exact) mass is 1120 g/mol. The van der Waals surface area contributed by atoms with Crippen molar-refractivity contribution in [2.45, 2.75) is 118 Å². The van der Waals surface area contributed by atoms with Crippen molar-refractivity contribution in [2.24, 2.45) is 0 Å². The van der Waals surface area contributed by atoms with Crippen LogP contribution in [-0.2, 0) is 65.0 Å². The molecule has 0 fully saturated rings. The molecule has 4 heterocycles. The normalized spacial score (nSPS) is 11.6. The zero-order chi connectivity index (χ0) is 58.0. The number of aliphatic hydroxyl groups is 2. The highest BCUT2D eigenvalue weighted by Crippen LogP contribution is 2.21. The minimum Gasteiger partial charge on any atom is -0.395 e. The molecule has 2 N–H and O–H groups in total. The summed E-state index contributed by atoms with van der Waals surface area (Å²) in [4.78, 5) is 79.7. The van der Waals surface area contributed by atoms with Crippen LogP contribution in [0.15, 0.2) is 122 Å². The van der Waals surface area contributed by atoms with Crippen molar-refractivity contribution < 1.29 is 23.9 Å². The quantitative estimate of drug-likeness (QED) is 0.0282. The summed E-state index contributed by atoms with van der Waals surface area (Å²) in [6.07, 6.45) is 4.52. The smallest absolute Gasteiger partial charge is 0.332 e. The van der Waals surface area contributed by atoms with E-state index in [1.807, 2.05) is 90.6 Å². The number of aryl methyl sites for hydroxylation is 4. The molecule has 19 nitrogen and oxygen atoms in total. The van der Waals surface area contributed by atoms with Crippen molar-refractivity contribution in [1.29, 1.82) is 0 Å². The van der Waals surface area contributed by atoms with E-state index < -0.39 is 27.9 Å². The predicted molar refractivity (Wildman–Crippen MR) is 310 cm³/mol. The Balaban J connectivity index is 0.000000234. The maximum Gasteiger partial charge on any atom is 0.332 e. The van der Waals surface area contributed by atoms with Crippen molar-refractivity contribution in [3.8, 4) is 0 Å². The van der Waals surface area contributed by atoms with Crippen molar-refractivity contribution in [3.63, 3.8) is 0 Å². The fourth-order valence-electron chi connectivity index (χ4n) is 10.2. The van der Waals surface area contributed by atoms with Crippen molar-refractivity contribution >= 4 is 28.0 Å². The third kappa shape index (κ3) is 15.2. The second-order valence-electron chi connectivity index (χ2n) is 20.0. The standard InChI is InChI=1S/C31H39F2N5O3.C29H36N6O5/c1-3-5-9-15-38-30(40)28-29(37(31(38)41)16-14-24-12-13-25(32)22-26(24)33)34-27(21-23-10-7-6-8-11-23)36(28)18-17-35(4-2)19-20-39;1-3-14-34-28(37)26-27(33(29(34)38)15-13-23-11-8-12-24(20-23)35(39)40)30-25(21-22-9-6-5-7-10-22)32(26)17-16-31(4-2)18-19-36/h6-8,10-13,22,39H,3-5,9,14-21H2,1-2H3;5-12,20,36H,3-4,13-19,21H2,1-2H3. The molecule has 0 bridgehead atoms. The summed E-state index contributed by atoms with van der Waals surface area (Å²) in [5, 5.41) is 30.2. The predicted octanol–water partition coefficient (Wildman–Crippen LogP) is 6.80. The van der Waals surface area contributed by atoms with Gasteiger partial charge in [0.15, 0.2) is 22.3 Å².